The second kappa shape index (κ2) is 6.96. The first-order valence-corrected chi connectivity index (χ1v) is 8.91. The molecule has 1 aromatic heterocycles. The van der Waals surface area contributed by atoms with Gasteiger partial charge in [-0.3, -0.25) is 9.48 Å². The molecule has 0 saturated carbocycles. The molecular weight excluding hydrogens is 345 g/mol. The van der Waals surface area contributed by atoms with Gasteiger partial charge in [0.25, 0.3) is 5.91 Å². The average molecular weight is 365 g/mol. The molecule has 5 nitrogen and oxygen atoms in total. The Labute approximate surface area is 156 Å². The number of aliphatic hydroxyl groups is 1. The van der Waals surface area contributed by atoms with Crippen LogP contribution in [0.4, 0.5) is 4.39 Å². The summed E-state index contributed by atoms with van der Waals surface area (Å²) in [5, 5.41) is 14.1. The molecule has 1 aliphatic rings. The number of benzene rings is 2. The summed E-state index contributed by atoms with van der Waals surface area (Å²) >= 11 is 0. The molecule has 6 heteroatoms. The van der Waals surface area contributed by atoms with Gasteiger partial charge in [0, 0.05) is 12.1 Å². The van der Waals surface area contributed by atoms with Gasteiger partial charge in [-0.2, -0.15) is 5.10 Å². The van der Waals surface area contributed by atoms with Crippen LogP contribution < -0.4 is 0 Å². The van der Waals surface area contributed by atoms with Crippen molar-refractivity contribution in [1.29, 1.82) is 0 Å². The van der Waals surface area contributed by atoms with Crippen molar-refractivity contribution in [2.24, 2.45) is 0 Å². The van der Waals surface area contributed by atoms with Crippen LogP contribution in [0.1, 0.15) is 34.8 Å². The van der Waals surface area contributed by atoms with E-state index in [9.17, 15) is 14.3 Å². The van der Waals surface area contributed by atoms with E-state index < -0.39 is 6.10 Å². The Bertz CT molecular complexity index is 979. The summed E-state index contributed by atoms with van der Waals surface area (Å²) in [7, 11) is 0. The van der Waals surface area contributed by atoms with E-state index in [1.165, 1.54) is 12.1 Å². The second-order valence-corrected chi connectivity index (χ2v) is 6.77. The van der Waals surface area contributed by atoms with Crippen LogP contribution in [-0.2, 0) is 13.1 Å². The van der Waals surface area contributed by atoms with Gasteiger partial charge in [0.15, 0.2) is 0 Å². The molecule has 0 spiro atoms. The topological polar surface area (TPSA) is 58.4 Å². The summed E-state index contributed by atoms with van der Waals surface area (Å²) in [6.07, 6.45) is -0.623. The summed E-state index contributed by atoms with van der Waals surface area (Å²) in [6.45, 7) is 3.31. The van der Waals surface area contributed by atoms with Crippen molar-refractivity contribution in [3.05, 3.63) is 77.4 Å². The molecule has 0 unspecified atom stereocenters. The van der Waals surface area contributed by atoms with E-state index in [0.717, 1.165) is 16.8 Å². The van der Waals surface area contributed by atoms with Gasteiger partial charge in [0.05, 0.1) is 30.6 Å². The number of carbonyl (C=O) groups is 1. The quantitative estimate of drug-likeness (QED) is 0.774. The normalized spacial score (nSPS) is 14.7. The molecule has 138 valence electrons. The molecule has 1 amide bonds. The first kappa shape index (κ1) is 17.4. The van der Waals surface area contributed by atoms with Crippen molar-refractivity contribution in [2.75, 3.05) is 6.54 Å². The third-order valence-electron chi connectivity index (χ3n) is 4.82. The lowest BCUT2D eigenvalue weighted by molar-refractivity contribution is 0.0705. The third-order valence-corrected chi connectivity index (χ3v) is 4.82. The van der Waals surface area contributed by atoms with Crippen LogP contribution in [-0.4, -0.2) is 32.2 Å². The average Bonchev–Trinajstić information content (AvgIpc) is 3.11. The molecular formula is C21H20FN3O2. The maximum atomic E-state index is 13.4. The predicted octanol–water partition coefficient (Wildman–Crippen LogP) is 3.40. The number of carbonyl (C=O) groups excluding carboxylic acids is 1. The number of aliphatic hydroxyl groups excluding tert-OH is 1. The van der Waals surface area contributed by atoms with E-state index >= 15 is 0 Å². The molecule has 0 aliphatic carbocycles. The van der Waals surface area contributed by atoms with Gasteiger partial charge in [0.1, 0.15) is 5.82 Å². The van der Waals surface area contributed by atoms with Crippen molar-refractivity contribution in [2.45, 2.75) is 26.1 Å². The maximum Gasteiger partial charge on any atom is 0.254 e. The minimum absolute atomic E-state index is 0.0492. The monoisotopic (exact) mass is 365 g/mol. The highest BCUT2D eigenvalue weighted by molar-refractivity contribution is 5.94. The molecule has 27 heavy (non-hydrogen) atoms. The van der Waals surface area contributed by atoms with Gasteiger partial charge in [-0.05, 0) is 48.4 Å². The number of nitrogens with zero attached hydrogens (tertiary/aromatic N) is 3. The summed E-state index contributed by atoms with van der Waals surface area (Å²) in [6, 6.07) is 15.5. The van der Waals surface area contributed by atoms with E-state index in [-0.39, 0.29) is 11.7 Å². The fourth-order valence-corrected chi connectivity index (χ4v) is 3.32. The highest BCUT2D eigenvalue weighted by atomic mass is 19.1. The summed E-state index contributed by atoms with van der Waals surface area (Å²) in [5.41, 5.74) is 3.78. The Kier molecular flexibility index (Phi) is 4.49. The van der Waals surface area contributed by atoms with Crippen LogP contribution in [0.5, 0.6) is 0 Å². The summed E-state index contributed by atoms with van der Waals surface area (Å²) < 4.78 is 15.2. The fourth-order valence-electron chi connectivity index (χ4n) is 3.32. The lowest BCUT2D eigenvalue weighted by Gasteiger charge is -2.27. The number of rotatable bonds is 3. The Hall–Kier alpha value is -2.99. The van der Waals surface area contributed by atoms with E-state index in [2.05, 4.69) is 5.10 Å². The maximum absolute atomic E-state index is 13.4. The van der Waals surface area contributed by atoms with Crippen molar-refractivity contribution in [3.8, 4) is 11.1 Å². The van der Waals surface area contributed by atoms with Crippen molar-refractivity contribution in [3.63, 3.8) is 0 Å². The van der Waals surface area contributed by atoms with Gasteiger partial charge in [-0.1, -0.05) is 24.3 Å². The fraction of sp³-hybridized carbons (Fsp3) is 0.238. The van der Waals surface area contributed by atoms with Crippen LogP contribution in [0.3, 0.4) is 0 Å². The predicted molar refractivity (Wildman–Crippen MR) is 99.4 cm³/mol. The molecule has 0 bridgehead atoms. The molecule has 0 saturated heterocycles. The van der Waals surface area contributed by atoms with Gasteiger partial charge >= 0.3 is 0 Å². The van der Waals surface area contributed by atoms with Crippen LogP contribution in [0.15, 0.2) is 54.6 Å². The molecule has 1 N–H and O–H groups in total. The van der Waals surface area contributed by atoms with Gasteiger partial charge in [-0.15, -0.1) is 0 Å². The SMILES string of the molecule is C[C@@H](O)c1cc2n(n1)CCN(C(=O)c1ccc(-c3cccc(F)c3)cc1)C2. The van der Waals surface area contributed by atoms with Crippen molar-refractivity contribution < 1.29 is 14.3 Å². The Morgan fingerprint density at radius 1 is 1.11 bits per heavy atom. The van der Waals surface area contributed by atoms with Crippen LogP contribution >= 0.6 is 0 Å². The highest BCUT2D eigenvalue weighted by Crippen LogP contribution is 2.23. The Morgan fingerprint density at radius 2 is 1.89 bits per heavy atom. The zero-order chi connectivity index (χ0) is 19.0. The molecule has 1 aliphatic heterocycles. The minimum atomic E-state index is -0.623. The molecule has 4 rings (SSSR count). The first-order valence-electron chi connectivity index (χ1n) is 8.91. The van der Waals surface area contributed by atoms with Crippen molar-refractivity contribution in [1.82, 2.24) is 14.7 Å². The van der Waals surface area contributed by atoms with E-state index in [1.807, 2.05) is 28.9 Å². The number of aromatic nitrogens is 2. The lowest BCUT2D eigenvalue weighted by atomic mass is 10.0. The summed E-state index contributed by atoms with van der Waals surface area (Å²) in [4.78, 5) is 14.6. The molecule has 2 heterocycles. The standard InChI is InChI=1S/C21H20FN3O2/c1-14(26)20-12-19-13-24(9-10-25(19)23-20)21(27)16-7-5-15(6-8-16)17-3-2-4-18(22)11-17/h2-8,11-12,14,26H,9-10,13H2,1H3/t14-/m1/s1. The smallest absolute Gasteiger partial charge is 0.254 e. The van der Waals surface area contributed by atoms with Crippen LogP contribution in [0, 0.1) is 5.82 Å². The largest absolute Gasteiger partial charge is 0.387 e. The van der Waals surface area contributed by atoms with Crippen LogP contribution in [0.25, 0.3) is 11.1 Å². The summed E-state index contributed by atoms with van der Waals surface area (Å²) in [5.74, 6) is -0.332. The minimum Gasteiger partial charge on any atom is -0.387 e. The molecule has 3 aromatic rings. The Morgan fingerprint density at radius 3 is 2.59 bits per heavy atom. The molecule has 0 radical (unpaired) electrons. The highest BCUT2D eigenvalue weighted by Gasteiger charge is 2.24. The number of halogens is 1. The van der Waals surface area contributed by atoms with Gasteiger partial charge in [-0.25, -0.2) is 4.39 Å². The van der Waals surface area contributed by atoms with Gasteiger partial charge in [0.2, 0.25) is 0 Å². The zero-order valence-corrected chi connectivity index (χ0v) is 15.0. The Balaban J connectivity index is 1.51. The number of hydrogen-bond donors (Lipinski definition) is 1. The van der Waals surface area contributed by atoms with Crippen LogP contribution in [0.2, 0.25) is 0 Å². The van der Waals surface area contributed by atoms with E-state index in [0.29, 0.717) is 30.9 Å². The zero-order valence-electron chi connectivity index (χ0n) is 15.0. The van der Waals surface area contributed by atoms with E-state index in [1.54, 1.807) is 30.0 Å². The van der Waals surface area contributed by atoms with Gasteiger partial charge < -0.3 is 10.0 Å². The number of amides is 1. The molecule has 0 fully saturated rings. The van der Waals surface area contributed by atoms with Crippen molar-refractivity contribution >= 4 is 5.91 Å². The molecule has 1 atom stereocenters. The lowest BCUT2D eigenvalue weighted by Crippen LogP contribution is -2.38. The molecule has 2 aromatic carbocycles. The number of fused-ring (bicyclic) bond motifs is 1. The van der Waals surface area contributed by atoms with E-state index in [4.69, 9.17) is 0 Å². The second-order valence-electron chi connectivity index (χ2n) is 6.77. The number of hydrogen-bond acceptors (Lipinski definition) is 3. The first-order chi connectivity index (χ1) is 13.0. The third kappa shape index (κ3) is 3.48.